The number of nitrogens with zero attached hydrogens (tertiary/aromatic N) is 4. The van der Waals surface area contributed by atoms with Crippen LogP contribution in [0.15, 0.2) is 24.3 Å². The largest absolute Gasteiger partial charge is 0.342 e. The molecule has 8 heteroatoms. The highest BCUT2D eigenvalue weighted by Gasteiger charge is 2.25. The Bertz CT molecular complexity index is 855. The van der Waals surface area contributed by atoms with E-state index >= 15 is 0 Å². The predicted molar refractivity (Wildman–Crippen MR) is 97.8 cm³/mol. The molecule has 1 aliphatic heterocycles. The standard InChI is InChI=1S/C17H20N6OS/c1-11-21-22-16(25-11)20-17(24)23-8-4-5-12(10-23)9-15-18-13-6-2-3-7-14(13)19-15/h2-3,6-7,12H,4-5,8-10H2,1H3,(H,18,19)(H,20,22,24)/t12-/m0/s1. The molecule has 0 aliphatic carbocycles. The number of aromatic nitrogens is 4. The third-order valence-electron chi connectivity index (χ3n) is 4.47. The lowest BCUT2D eigenvalue weighted by atomic mass is 9.95. The van der Waals surface area contributed by atoms with Crippen LogP contribution in [0, 0.1) is 12.8 Å². The van der Waals surface area contributed by atoms with Gasteiger partial charge in [0.15, 0.2) is 0 Å². The van der Waals surface area contributed by atoms with Crippen LogP contribution in [0.1, 0.15) is 23.7 Å². The van der Waals surface area contributed by atoms with E-state index in [0.717, 1.165) is 54.2 Å². The number of rotatable bonds is 3. The van der Waals surface area contributed by atoms with Crippen molar-refractivity contribution in [2.45, 2.75) is 26.2 Å². The lowest BCUT2D eigenvalue weighted by molar-refractivity contribution is 0.176. The number of likely N-dealkylation sites (tertiary alicyclic amines) is 1. The lowest BCUT2D eigenvalue weighted by Gasteiger charge is -2.32. The van der Waals surface area contributed by atoms with Crippen molar-refractivity contribution >= 4 is 33.5 Å². The lowest BCUT2D eigenvalue weighted by Crippen LogP contribution is -2.42. The van der Waals surface area contributed by atoms with Crippen LogP contribution in [-0.2, 0) is 6.42 Å². The second kappa shape index (κ2) is 6.79. The Balaban J connectivity index is 1.39. The summed E-state index contributed by atoms with van der Waals surface area (Å²) in [5.41, 5.74) is 2.06. The number of fused-ring (bicyclic) bond motifs is 1. The van der Waals surface area contributed by atoms with Crippen molar-refractivity contribution in [3.05, 3.63) is 35.1 Å². The molecular weight excluding hydrogens is 336 g/mol. The number of hydrogen-bond acceptors (Lipinski definition) is 5. The molecule has 1 aromatic carbocycles. The SMILES string of the molecule is Cc1nnc(NC(=O)N2CCC[C@@H](Cc3nc4ccccc4[nH]3)C2)s1. The third-order valence-corrected chi connectivity index (χ3v) is 5.22. The highest BCUT2D eigenvalue weighted by Crippen LogP contribution is 2.22. The quantitative estimate of drug-likeness (QED) is 0.754. The minimum absolute atomic E-state index is 0.0922. The molecule has 0 saturated carbocycles. The number of para-hydroxylation sites is 2. The van der Waals surface area contributed by atoms with Crippen LogP contribution < -0.4 is 5.32 Å². The zero-order valence-electron chi connectivity index (χ0n) is 14.0. The first-order valence-corrected chi connectivity index (χ1v) is 9.29. The van der Waals surface area contributed by atoms with Crippen molar-refractivity contribution in [3.63, 3.8) is 0 Å². The number of aryl methyl sites for hydroxylation is 1. The zero-order chi connectivity index (χ0) is 17.2. The molecule has 2 aromatic heterocycles. The van der Waals surface area contributed by atoms with Crippen LogP contribution in [0.4, 0.5) is 9.93 Å². The fourth-order valence-electron chi connectivity index (χ4n) is 3.31. The van der Waals surface area contributed by atoms with Crippen LogP contribution in [0.25, 0.3) is 11.0 Å². The molecule has 1 saturated heterocycles. The summed E-state index contributed by atoms with van der Waals surface area (Å²) >= 11 is 1.39. The number of benzene rings is 1. The maximum absolute atomic E-state index is 12.4. The van der Waals surface area contributed by atoms with Gasteiger partial charge in [-0.25, -0.2) is 9.78 Å². The van der Waals surface area contributed by atoms with E-state index in [4.69, 9.17) is 0 Å². The average molecular weight is 356 g/mol. The Morgan fingerprint density at radius 1 is 1.40 bits per heavy atom. The Kier molecular flexibility index (Phi) is 4.35. The maximum atomic E-state index is 12.4. The molecule has 2 amide bonds. The van der Waals surface area contributed by atoms with Crippen LogP contribution in [-0.4, -0.2) is 44.2 Å². The molecule has 1 aliphatic rings. The number of piperidine rings is 1. The number of imidazole rings is 1. The van der Waals surface area contributed by atoms with Crippen LogP contribution >= 0.6 is 11.3 Å². The number of urea groups is 1. The number of anilines is 1. The van der Waals surface area contributed by atoms with Gasteiger partial charge in [0.05, 0.1) is 11.0 Å². The highest BCUT2D eigenvalue weighted by molar-refractivity contribution is 7.15. The number of nitrogens with one attached hydrogen (secondary N) is 2. The van der Waals surface area contributed by atoms with Gasteiger partial charge in [-0.15, -0.1) is 10.2 Å². The Morgan fingerprint density at radius 2 is 2.28 bits per heavy atom. The smallest absolute Gasteiger partial charge is 0.323 e. The molecule has 0 unspecified atom stereocenters. The fourth-order valence-corrected chi connectivity index (χ4v) is 3.89. The molecule has 130 valence electrons. The number of aromatic amines is 1. The highest BCUT2D eigenvalue weighted by atomic mass is 32.1. The summed E-state index contributed by atoms with van der Waals surface area (Å²) in [6, 6.07) is 7.96. The first-order valence-electron chi connectivity index (χ1n) is 8.47. The number of carbonyl (C=O) groups excluding carboxylic acids is 1. The van der Waals surface area contributed by atoms with Gasteiger partial charge in [0.1, 0.15) is 10.8 Å². The van der Waals surface area contributed by atoms with E-state index < -0.39 is 0 Å². The number of hydrogen-bond donors (Lipinski definition) is 2. The first-order chi connectivity index (χ1) is 12.2. The summed E-state index contributed by atoms with van der Waals surface area (Å²) in [4.78, 5) is 22.4. The molecule has 0 bridgehead atoms. The van der Waals surface area contributed by atoms with Crippen LogP contribution in [0.2, 0.25) is 0 Å². The Hall–Kier alpha value is -2.48. The Labute approximate surface area is 149 Å². The monoisotopic (exact) mass is 356 g/mol. The molecule has 0 spiro atoms. The second-order valence-electron chi connectivity index (χ2n) is 6.42. The first kappa shape index (κ1) is 16.0. The summed E-state index contributed by atoms with van der Waals surface area (Å²) in [5.74, 6) is 1.41. The van der Waals surface area contributed by atoms with Crippen LogP contribution in [0.5, 0.6) is 0 Å². The van der Waals surface area contributed by atoms with E-state index in [0.29, 0.717) is 11.0 Å². The van der Waals surface area contributed by atoms with Gasteiger partial charge in [0.25, 0.3) is 0 Å². The molecular formula is C17H20N6OS. The molecule has 1 atom stereocenters. The topological polar surface area (TPSA) is 86.8 Å². The van der Waals surface area contributed by atoms with E-state index in [1.165, 1.54) is 11.3 Å². The van der Waals surface area contributed by atoms with Gasteiger partial charge >= 0.3 is 6.03 Å². The van der Waals surface area contributed by atoms with E-state index in [1.807, 2.05) is 36.1 Å². The van der Waals surface area contributed by atoms with Gasteiger partial charge in [0.2, 0.25) is 5.13 Å². The Morgan fingerprint density at radius 3 is 3.08 bits per heavy atom. The van der Waals surface area contributed by atoms with Crippen molar-refractivity contribution < 1.29 is 4.79 Å². The fraction of sp³-hybridized carbons (Fsp3) is 0.412. The van der Waals surface area contributed by atoms with Gasteiger partial charge in [0, 0.05) is 19.5 Å². The van der Waals surface area contributed by atoms with Gasteiger partial charge in [-0.3, -0.25) is 5.32 Å². The van der Waals surface area contributed by atoms with Crippen LogP contribution in [0.3, 0.4) is 0 Å². The second-order valence-corrected chi connectivity index (χ2v) is 7.60. The summed E-state index contributed by atoms with van der Waals surface area (Å²) < 4.78 is 0. The van der Waals surface area contributed by atoms with Gasteiger partial charge in [-0.1, -0.05) is 23.5 Å². The van der Waals surface area contributed by atoms with E-state index in [1.54, 1.807) is 0 Å². The number of H-pyrrole nitrogens is 1. The molecule has 3 aromatic rings. The van der Waals surface area contributed by atoms with Crippen molar-refractivity contribution in [1.29, 1.82) is 0 Å². The van der Waals surface area contributed by atoms with E-state index in [9.17, 15) is 4.79 Å². The zero-order valence-corrected chi connectivity index (χ0v) is 14.8. The number of carbonyl (C=O) groups is 1. The van der Waals surface area contributed by atoms with Crippen molar-refractivity contribution in [2.24, 2.45) is 5.92 Å². The predicted octanol–water partition coefficient (Wildman–Crippen LogP) is 3.21. The molecule has 25 heavy (non-hydrogen) atoms. The van der Waals surface area contributed by atoms with E-state index in [-0.39, 0.29) is 6.03 Å². The molecule has 2 N–H and O–H groups in total. The molecule has 3 heterocycles. The molecule has 7 nitrogen and oxygen atoms in total. The minimum Gasteiger partial charge on any atom is -0.342 e. The summed E-state index contributed by atoms with van der Waals surface area (Å²) in [6.45, 7) is 3.39. The third kappa shape index (κ3) is 3.63. The van der Waals surface area contributed by atoms with Crippen molar-refractivity contribution in [3.8, 4) is 0 Å². The molecule has 1 fully saturated rings. The summed E-state index contributed by atoms with van der Waals surface area (Å²) in [5, 5.41) is 12.1. The summed E-state index contributed by atoms with van der Waals surface area (Å²) in [7, 11) is 0. The van der Waals surface area contributed by atoms with Gasteiger partial charge in [-0.05, 0) is 37.8 Å². The van der Waals surface area contributed by atoms with Gasteiger partial charge in [-0.2, -0.15) is 0 Å². The average Bonchev–Trinajstić information content (AvgIpc) is 3.20. The van der Waals surface area contributed by atoms with Crippen molar-refractivity contribution in [2.75, 3.05) is 18.4 Å². The van der Waals surface area contributed by atoms with E-state index in [2.05, 4.69) is 25.5 Å². The maximum Gasteiger partial charge on any atom is 0.323 e. The van der Waals surface area contributed by atoms with Crippen molar-refractivity contribution in [1.82, 2.24) is 25.1 Å². The van der Waals surface area contributed by atoms with Gasteiger partial charge < -0.3 is 9.88 Å². The molecule has 4 rings (SSSR count). The summed E-state index contributed by atoms with van der Waals surface area (Å²) in [6.07, 6.45) is 2.97. The minimum atomic E-state index is -0.0922. The molecule has 0 radical (unpaired) electrons. The normalized spacial score (nSPS) is 17.8. The number of amides is 2.